The Balaban J connectivity index is 1.73. The maximum atomic E-state index is 12.9. The van der Waals surface area contributed by atoms with Crippen LogP contribution in [0.3, 0.4) is 0 Å². The molecule has 0 spiro atoms. The Bertz CT molecular complexity index is 786. The fraction of sp³-hybridized carbons (Fsp3) is 0.421. The highest BCUT2D eigenvalue weighted by Gasteiger charge is 2.28. The maximum Gasteiger partial charge on any atom is 0.319 e. The first kappa shape index (κ1) is 18.0. The number of nitrogens with one attached hydrogen (secondary N) is 3. The number of rotatable bonds is 4. The summed E-state index contributed by atoms with van der Waals surface area (Å²) in [6.45, 7) is 5.74. The molecule has 3 rings (SSSR count). The van der Waals surface area contributed by atoms with Crippen molar-refractivity contribution in [3.05, 3.63) is 47.3 Å². The lowest BCUT2D eigenvalue weighted by Gasteiger charge is -2.33. The van der Waals surface area contributed by atoms with Gasteiger partial charge in [-0.1, -0.05) is 18.2 Å². The second-order valence-corrected chi connectivity index (χ2v) is 6.59. The molecule has 2 aromatic rings. The van der Waals surface area contributed by atoms with Gasteiger partial charge in [-0.3, -0.25) is 9.89 Å². The van der Waals surface area contributed by atoms with Crippen molar-refractivity contribution >= 4 is 17.6 Å². The zero-order valence-electron chi connectivity index (χ0n) is 15.2. The number of anilines is 1. The van der Waals surface area contributed by atoms with E-state index in [-0.39, 0.29) is 17.9 Å². The van der Waals surface area contributed by atoms with Gasteiger partial charge in [0.05, 0.1) is 17.6 Å². The van der Waals surface area contributed by atoms with Crippen molar-refractivity contribution in [2.75, 3.05) is 25.0 Å². The lowest BCUT2D eigenvalue weighted by molar-refractivity contribution is 0.0705. The third-order valence-electron chi connectivity index (χ3n) is 4.75. The van der Waals surface area contributed by atoms with Crippen LogP contribution in [-0.4, -0.2) is 46.7 Å². The van der Waals surface area contributed by atoms with Crippen LogP contribution in [0.15, 0.2) is 30.5 Å². The molecule has 0 aliphatic carbocycles. The van der Waals surface area contributed by atoms with Crippen LogP contribution in [0, 0.1) is 6.92 Å². The largest absolute Gasteiger partial charge is 0.338 e. The van der Waals surface area contributed by atoms with E-state index in [1.165, 1.54) is 0 Å². The highest BCUT2D eigenvalue weighted by atomic mass is 16.2. The number of aromatic amines is 1. The van der Waals surface area contributed by atoms with Gasteiger partial charge in [0.25, 0.3) is 5.91 Å². The highest BCUT2D eigenvalue weighted by Crippen LogP contribution is 2.31. The first-order valence-electron chi connectivity index (χ1n) is 9.03. The van der Waals surface area contributed by atoms with Crippen molar-refractivity contribution in [1.82, 2.24) is 20.4 Å². The van der Waals surface area contributed by atoms with E-state index in [0.29, 0.717) is 18.8 Å². The molecule has 0 bridgehead atoms. The van der Waals surface area contributed by atoms with Crippen LogP contribution >= 0.6 is 0 Å². The van der Waals surface area contributed by atoms with Crippen molar-refractivity contribution in [2.24, 2.45) is 0 Å². The molecule has 3 amide bonds. The molecule has 7 heteroatoms. The summed E-state index contributed by atoms with van der Waals surface area (Å²) in [7, 11) is 0. The number of amides is 3. The normalized spacial score (nSPS) is 17.0. The van der Waals surface area contributed by atoms with Crippen LogP contribution < -0.4 is 10.6 Å². The van der Waals surface area contributed by atoms with Crippen molar-refractivity contribution in [3.8, 4) is 0 Å². The molecule has 0 radical (unpaired) electrons. The Morgan fingerprint density at radius 2 is 2.15 bits per heavy atom. The number of aryl methyl sites for hydroxylation is 1. The molecule has 7 nitrogen and oxygen atoms in total. The summed E-state index contributed by atoms with van der Waals surface area (Å²) in [5.74, 6) is 0.182. The van der Waals surface area contributed by atoms with E-state index in [9.17, 15) is 9.59 Å². The van der Waals surface area contributed by atoms with Gasteiger partial charge in [-0.05, 0) is 38.3 Å². The van der Waals surface area contributed by atoms with E-state index in [4.69, 9.17) is 0 Å². The number of nitrogens with zero attached hydrogens (tertiary/aromatic N) is 2. The van der Waals surface area contributed by atoms with Crippen molar-refractivity contribution in [3.63, 3.8) is 0 Å². The summed E-state index contributed by atoms with van der Waals surface area (Å²) in [6, 6.07) is 7.41. The quantitative estimate of drug-likeness (QED) is 0.788. The van der Waals surface area contributed by atoms with Gasteiger partial charge < -0.3 is 15.5 Å². The van der Waals surface area contributed by atoms with Crippen LogP contribution in [0.4, 0.5) is 10.5 Å². The van der Waals surface area contributed by atoms with Crippen molar-refractivity contribution in [1.29, 1.82) is 0 Å². The standard InChI is InChI=1S/C19H25N5O2/c1-3-20-19(26)22-16-11-21-23-17(16)14-8-6-10-24(12-14)18(25)15-9-5-4-7-13(15)2/h4-5,7,9,11,14H,3,6,8,10,12H2,1-2H3,(H,21,23)(H2,20,22,26). The topological polar surface area (TPSA) is 90.1 Å². The van der Waals surface area contributed by atoms with Gasteiger partial charge in [0, 0.05) is 31.1 Å². The number of carbonyl (C=O) groups is 2. The van der Waals surface area contributed by atoms with Gasteiger partial charge in [-0.15, -0.1) is 0 Å². The Hall–Kier alpha value is -2.83. The number of urea groups is 1. The molecule has 1 saturated heterocycles. The minimum absolute atomic E-state index is 0.0607. The predicted octanol–water partition coefficient (Wildman–Crippen LogP) is 2.88. The number of H-pyrrole nitrogens is 1. The number of carbonyl (C=O) groups excluding carboxylic acids is 2. The van der Waals surface area contributed by atoms with Crippen LogP contribution in [0.25, 0.3) is 0 Å². The monoisotopic (exact) mass is 355 g/mol. The van der Waals surface area contributed by atoms with Gasteiger partial charge in [0.15, 0.2) is 0 Å². The fourth-order valence-electron chi connectivity index (χ4n) is 3.41. The molecule has 1 fully saturated rings. The Kier molecular flexibility index (Phi) is 5.55. The molecule has 1 aromatic heterocycles. The summed E-state index contributed by atoms with van der Waals surface area (Å²) in [5, 5.41) is 12.6. The van der Waals surface area contributed by atoms with Crippen LogP contribution in [-0.2, 0) is 0 Å². The molecule has 1 aliphatic rings. The molecule has 26 heavy (non-hydrogen) atoms. The zero-order valence-corrected chi connectivity index (χ0v) is 15.2. The zero-order chi connectivity index (χ0) is 18.5. The molecular weight excluding hydrogens is 330 g/mol. The minimum Gasteiger partial charge on any atom is -0.338 e. The lowest BCUT2D eigenvalue weighted by Crippen LogP contribution is -2.39. The first-order chi connectivity index (χ1) is 12.6. The van der Waals surface area contributed by atoms with Crippen molar-refractivity contribution in [2.45, 2.75) is 32.6 Å². The predicted molar refractivity (Wildman–Crippen MR) is 100 cm³/mol. The number of likely N-dealkylation sites (tertiary alicyclic amines) is 1. The van der Waals surface area contributed by atoms with E-state index < -0.39 is 0 Å². The number of aromatic nitrogens is 2. The van der Waals surface area contributed by atoms with Crippen LogP contribution in [0.5, 0.6) is 0 Å². The number of benzene rings is 1. The molecule has 1 aliphatic heterocycles. The Morgan fingerprint density at radius 1 is 1.35 bits per heavy atom. The maximum absolute atomic E-state index is 12.9. The van der Waals surface area contributed by atoms with E-state index in [2.05, 4.69) is 20.8 Å². The molecule has 2 heterocycles. The van der Waals surface area contributed by atoms with E-state index in [0.717, 1.165) is 36.2 Å². The molecule has 3 N–H and O–H groups in total. The minimum atomic E-state index is -0.251. The molecule has 1 aromatic carbocycles. The summed E-state index contributed by atoms with van der Waals surface area (Å²) in [6.07, 6.45) is 3.48. The second kappa shape index (κ2) is 8.03. The van der Waals surface area contributed by atoms with Gasteiger partial charge in [0.1, 0.15) is 0 Å². The fourth-order valence-corrected chi connectivity index (χ4v) is 3.41. The van der Waals surface area contributed by atoms with Crippen LogP contribution in [0.1, 0.15) is 47.3 Å². The Labute approximate surface area is 153 Å². The number of hydrogen-bond donors (Lipinski definition) is 3. The van der Waals surface area contributed by atoms with E-state index in [1.807, 2.05) is 43.0 Å². The smallest absolute Gasteiger partial charge is 0.319 e. The molecule has 0 saturated carbocycles. The summed E-state index contributed by atoms with van der Waals surface area (Å²) in [4.78, 5) is 26.6. The molecule has 138 valence electrons. The van der Waals surface area contributed by atoms with Gasteiger partial charge in [0.2, 0.25) is 0 Å². The third-order valence-corrected chi connectivity index (χ3v) is 4.75. The van der Waals surface area contributed by atoms with Crippen LogP contribution in [0.2, 0.25) is 0 Å². The average molecular weight is 355 g/mol. The molecule has 1 atom stereocenters. The molecule has 1 unspecified atom stereocenters. The average Bonchev–Trinajstić information content (AvgIpc) is 3.10. The lowest BCUT2D eigenvalue weighted by atomic mass is 9.93. The number of piperidine rings is 1. The molecular formula is C19H25N5O2. The van der Waals surface area contributed by atoms with E-state index >= 15 is 0 Å². The number of hydrogen-bond acceptors (Lipinski definition) is 3. The summed E-state index contributed by atoms with van der Waals surface area (Å²) < 4.78 is 0. The van der Waals surface area contributed by atoms with Gasteiger partial charge >= 0.3 is 6.03 Å². The van der Waals surface area contributed by atoms with E-state index in [1.54, 1.807) is 6.20 Å². The van der Waals surface area contributed by atoms with Gasteiger partial charge in [-0.25, -0.2) is 4.79 Å². The third kappa shape index (κ3) is 3.87. The Morgan fingerprint density at radius 3 is 2.92 bits per heavy atom. The summed E-state index contributed by atoms with van der Waals surface area (Å²) in [5.41, 5.74) is 3.28. The van der Waals surface area contributed by atoms with Gasteiger partial charge in [-0.2, -0.15) is 5.10 Å². The second-order valence-electron chi connectivity index (χ2n) is 6.59. The highest BCUT2D eigenvalue weighted by molar-refractivity contribution is 5.95. The summed E-state index contributed by atoms with van der Waals surface area (Å²) >= 11 is 0. The van der Waals surface area contributed by atoms with Crippen molar-refractivity contribution < 1.29 is 9.59 Å². The SMILES string of the molecule is CCNC(=O)Nc1cn[nH]c1C1CCCN(C(=O)c2ccccc2C)C1. The first-order valence-corrected chi connectivity index (χ1v) is 9.03.